The van der Waals surface area contributed by atoms with E-state index in [1.54, 1.807) is 30.6 Å². The average molecular weight is 381 g/mol. The van der Waals surface area contributed by atoms with E-state index >= 15 is 0 Å². The summed E-state index contributed by atoms with van der Waals surface area (Å²) < 4.78 is 32.3. The molecule has 8 heteroatoms. The van der Waals surface area contributed by atoms with Gasteiger partial charge in [-0.05, 0) is 42.1 Å². The number of allylic oxidation sites excluding steroid dienone is 2. The van der Waals surface area contributed by atoms with Gasteiger partial charge in [-0.15, -0.1) is 0 Å². The highest BCUT2D eigenvalue weighted by Crippen LogP contribution is 2.23. The second-order valence-corrected chi connectivity index (χ2v) is 6.39. The van der Waals surface area contributed by atoms with E-state index in [-0.39, 0.29) is 5.69 Å². The third-order valence-corrected chi connectivity index (χ3v) is 4.26. The lowest BCUT2D eigenvalue weighted by Gasteiger charge is -2.24. The molecule has 1 unspecified atom stereocenters. The zero-order valence-electron chi connectivity index (χ0n) is 14.7. The number of hydrogen-bond acceptors (Lipinski definition) is 6. The molecule has 142 valence electrons. The second-order valence-electron chi connectivity index (χ2n) is 6.39. The third-order valence-electron chi connectivity index (χ3n) is 4.26. The summed E-state index contributed by atoms with van der Waals surface area (Å²) in [6.07, 6.45) is 9.30. The predicted octanol–water partition coefficient (Wildman–Crippen LogP) is 3.47. The number of nitrogens with two attached hydrogens (primary N) is 1. The smallest absolute Gasteiger partial charge is 0.181 e. The fourth-order valence-electron chi connectivity index (χ4n) is 2.78. The van der Waals surface area contributed by atoms with Crippen molar-refractivity contribution in [2.75, 3.05) is 5.32 Å². The number of aromatic nitrogens is 2. The van der Waals surface area contributed by atoms with Gasteiger partial charge in [0.1, 0.15) is 17.5 Å². The maximum Gasteiger partial charge on any atom is 0.181 e. The zero-order chi connectivity index (χ0) is 19.6. The normalized spacial score (nSPS) is 18.1. The minimum atomic E-state index is -0.930. The quantitative estimate of drug-likeness (QED) is 0.627. The second kappa shape index (κ2) is 7.24. The molecule has 3 aromatic rings. The van der Waals surface area contributed by atoms with Crippen LogP contribution in [0.1, 0.15) is 17.0 Å². The summed E-state index contributed by atoms with van der Waals surface area (Å²) in [6.45, 7) is 0. The van der Waals surface area contributed by atoms with Crippen LogP contribution in [0, 0.1) is 11.6 Å². The van der Waals surface area contributed by atoms with Gasteiger partial charge in [0.25, 0.3) is 0 Å². The fourth-order valence-corrected chi connectivity index (χ4v) is 2.78. The molecular weight excluding hydrogens is 364 g/mol. The Bertz CT molecular complexity index is 1050. The highest BCUT2D eigenvalue weighted by molar-refractivity contribution is 5.56. The van der Waals surface area contributed by atoms with Crippen molar-refractivity contribution in [3.8, 4) is 0 Å². The van der Waals surface area contributed by atoms with Gasteiger partial charge in [0.2, 0.25) is 0 Å². The molecule has 28 heavy (non-hydrogen) atoms. The number of nitrogens with zero attached hydrogens (tertiary/aromatic N) is 2. The predicted molar refractivity (Wildman–Crippen MR) is 100 cm³/mol. The molecule has 0 radical (unpaired) electrons. The molecule has 0 fully saturated rings. The van der Waals surface area contributed by atoms with Crippen molar-refractivity contribution in [3.63, 3.8) is 0 Å². The number of anilines is 2. The van der Waals surface area contributed by atoms with Crippen LogP contribution in [0.3, 0.4) is 0 Å². The topological polar surface area (TPSA) is 89.0 Å². The van der Waals surface area contributed by atoms with Crippen LogP contribution >= 0.6 is 0 Å². The van der Waals surface area contributed by atoms with E-state index in [1.807, 2.05) is 18.2 Å². The van der Waals surface area contributed by atoms with Gasteiger partial charge in [-0.1, -0.05) is 17.3 Å². The van der Waals surface area contributed by atoms with Crippen molar-refractivity contribution < 1.29 is 13.3 Å². The van der Waals surface area contributed by atoms with Crippen molar-refractivity contribution >= 4 is 11.5 Å². The van der Waals surface area contributed by atoms with Gasteiger partial charge in [-0.3, -0.25) is 5.73 Å². The van der Waals surface area contributed by atoms with Gasteiger partial charge in [-0.25, -0.2) is 13.8 Å². The van der Waals surface area contributed by atoms with Gasteiger partial charge >= 0.3 is 0 Å². The van der Waals surface area contributed by atoms with Crippen LogP contribution in [-0.4, -0.2) is 10.1 Å². The molecule has 2 aromatic heterocycles. The fraction of sp³-hybridized carbons (Fsp3) is 0.100. The standard InChI is InChI=1S/C20H17F2N5O/c21-14-4-5-16(22)17(10-14)26-19-6-3-13(12-24-19)9-15-11-18(28-27-15)20(23)7-1-2-8-25-20/h1-8,10-12,25H,9,23H2,(H,24,26). The molecule has 1 aromatic carbocycles. The van der Waals surface area contributed by atoms with E-state index in [1.165, 1.54) is 0 Å². The van der Waals surface area contributed by atoms with Crippen LogP contribution in [-0.2, 0) is 12.1 Å². The van der Waals surface area contributed by atoms with E-state index in [0.717, 1.165) is 23.8 Å². The van der Waals surface area contributed by atoms with Crippen LogP contribution in [0.5, 0.6) is 0 Å². The SMILES string of the molecule is NC1(c2cc(Cc3ccc(Nc4cc(F)ccc4F)nc3)no2)C=CC=CN1. The first-order valence-electron chi connectivity index (χ1n) is 8.56. The molecule has 0 saturated carbocycles. The highest BCUT2D eigenvalue weighted by Gasteiger charge is 2.28. The Balaban J connectivity index is 1.44. The lowest BCUT2D eigenvalue weighted by Crippen LogP contribution is -2.46. The third kappa shape index (κ3) is 3.77. The first kappa shape index (κ1) is 17.9. The molecule has 3 heterocycles. The molecule has 0 bridgehead atoms. The molecule has 0 saturated heterocycles. The summed E-state index contributed by atoms with van der Waals surface area (Å²) in [5.74, 6) is -0.189. The summed E-state index contributed by atoms with van der Waals surface area (Å²) >= 11 is 0. The van der Waals surface area contributed by atoms with Crippen molar-refractivity contribution in [1.82, 2.24) is 15.5 Å². The highest BCUT2D eigenvalue weighted by atomic mass is 19.1. The lowest BCUT2D eigenvalue weighted by molar-refractivity contribution is 0.306. The number of halogens is 2. The summed E-state index contributed by atoms with van der Waals surface area (Å²) in [4.78, 5) is 4.24. The monoisotopic (exact) mass is 381 g/mol. The maximum atomic E-state index is 13.7. The summed E-state index contributed by atoms with van der Waals surface area (Å²) in [5, 5.41) is 9.84. The first-order valence-corrected chi connectivity index (χ1v) is 8.56. The van der Waals surface area contributed by atoms with E-state index < -0.39 is 17.3 Å². The van der Waals surface area contributed by atoms with Gasteiger partial charge in [0, 0.05) is 24.8 Å². The van der Waals surface area contributed by atoms with Gasteiger partial charge in [0.05, 0.1) is 11.4 Å². The number of dihydropyridines is 1. The van der Waals surface area contributed by atoms with Gasteiger partial charge in [0.15, 0.2) is 11.4 Å². The van der Waals surface area contributed by atoms with Crippen LogP contribution < -0.4 is 16.4 Å². The molecule has 6 nitrogen and oxygen atoms in total. The summed E-state index contributed by atoms with van der Waals surface area (Å²) in [6, 6.07) is 8.48. The Morgan fingerprint density at radius 3 is 2.79 bits per heavy atom. The number of nitrogens with one attached hydrogen (secondary N) is 2. The lowest BCUT2D eigenvalue weighted by atomic mass is 10.0. The Kier molecular flexibility index (Phi) is 4.62. The molecule has 1 atom stereocenters. The van der Waals surface area contributed by atoms with E-state index in [4.69, 9.17) is 10.3 Å². The van der Waals surface area contributed by atoms with E-state index in [9.17, 15) is 8.78 Å². The van der Waals surface area contributed by atoms with Gasteiger partial charge in [-0.2, -0.15) is 0 Å². The Morgan fingerprint density at radius 1 is 1.14 bits per heavy atom. The van der Waals surface area contributed by atoms with Crippen molar-refractivity contribution in [3.05, 3.63) is 95.7 Å². The molecule has 4 N–H and O–H groups in total. The van der Waals surface area contributed by atoms with Crippen molar-refractivity contribution in [2.45, 2.75) is 12.1 Å². The Labute approximate surface area is 159 Å². The molecule has 0 aliphatic carbocycles. The van der Waals surface area contributed by atoms with E-state index in [0.29, 0.717) is 23.7 Å². The van der Waals surface area contributed by atoms with Gasteiger partial charge < -0.3 is 15.2 Å². The maximum absolute atomic E-state index is 13.7. The minimum Gasteiger partial charge on any atom is -0.364 e. The van der Waals surface area contributed by atoms with Crippen molar-refractivity contribution in [1.29, 1.82) is 0 Å². The molecule has 4 rings (SSSR count). The molecule has 0 amide bonds. The Hall–Kier alpha value is -3.52. The minimum absolute atomic E-state index is 0.0247. The number of pyridine rings is 1. The average Bonchev–Trinajstić information content (AvgIpc) is 3.16. The van der Waals surface area contributed by atoms with E-state index in [2.05, 4.69) is 20.8 Å². The van der Waals surface area contributed by atoms with Crippen molar-refractivity contribution in [2.24, 2.45) is 5.73 Å². The largest absolute Gasteiger partial charge is 0.364 e. The molecular formula is C20H17F2N5O. The Morgan fingerprint density at radius 2 is 2.04 bits per heavy atom. The van der Waals surface area contributed by atoms with Crippen LogP contribution in [0.25, 0.3) is 0 Å². The van der Waals surface area contributed by atoms with Crippen LogP contribution in [0.15, 0.2) is 71.5 Å². The number of hydrogen-bond donors (Lipinski definition) is 3. The number of benzene rings is 1. The first-order chi connectivity index (χ1) is 13.5. The zero-order valence-corrected chi connectivity index (χ0v) is 14.7. The van der Waals surface area contributed by atoms with Crippen LogP contribution in [0.4, 0.5) is 20.3 Å². The summed E-state index contributed by atoms with van der Waals surface area (Å²) in [5.41, 5.74) is 6.91. The summed E-state index contributed by atoms with van der Waals surface area (Å²) in [7, 11) is 0. The molecule has 0 spiro atoms. The molecule has 1 aliphatic heterocycles. The molecule has 1 aliphatic rings. The van der Waals surface area contributed by atoms with Crippen LogP contribution in [0.2, 0.25) is 0 Å². The number of rotatable bonds is 5.